The van der Waals surface area contributed by atoms with E-state index in [9.17, 15) is 17.6 Å². The summed E-state index contributed by atoms with van der Waals surface area (Å²) in [6.07, 6.45) is 1.99. The highest BCUT2D eigenvalue weighted by atomic mass is 32.2. The van der Waals surface area contributed by atoms with Crippen LogP contribution in [0.2, 0.25) is 0 Å². The van der Waals surface area contributed by atoms with Gasteiger partial charge in [-0.15, -0.1) is 11.8 Å². The zero-order valence-electron chi connectivity index (χ0n) is 22.8. The fraction of sp³-hybridized carbons (Fsp3) is 0.556. The number of rotatable bonds is 11. The molecule has 0 spiro atoms. The van der Waals surface area contributed by atoms with Crippen LogP contribution in [0, 0.1) is 5.82 Å². The lowest BCUT2D eigenvalue weighted by atomic mass is 9.91. The van der Waals surface area contributed by atoms with Gasteiger partial charge in [-0.05, 0) is 43.7 Å². The lowest BCUT2D eigenvalue weighted by Crippen LogP contribution is -2.37. The number of pyridine rings is 1. The molecule has 210 valence electrons. The van der Waals surface area contributed by atoms with E-state index < -0.39 is 21.8 Å². The van der Waals surface area contributed by atoms with Crippen LogP contribution >= 0.6 is 11.8 Å². The van der Waals surface area contributed by atoms with Crippen molar-refractivity contribution in [2.75, 3.05) is 49.6 Å². The molecule has 0 aliphatic carbocycles. The Morgan fingerprint density at radius 3 is 2.55 bits per heavy atom. The van der Waals surface area contributed by atoms with Crippen molar-refractivity contribution in [3.05, 3.63) is 53.0 Å². The molecule has 1 aromatic carbocycles. The van der Waals surface area contributed by atoms with Crippen LogP contribution in [0.1, 0.15) is 56.9 Å². The molecule has 2 heterocycles. The molecule has 1 saturated heterocycles. The smallest absolute Gasteiger partial charge is 0.229 e. The third-order valence-corrected chi connectivity index (χ3v) is 8.01. The van der Waals surface area contributed by atoms with Crippen molar-refractivity contribution < 1.29 is 22.3 Å². The summed E-state index contributed by atoms with van der Waals surface area (Å²) >= 11 is 1.70. The van der Waals surface area contributed by atoms with E-state index in [2.05, 4.69) is 35.7 Å². The molecular weight excluding hydrogens is 527 g/mol. The Balaban J connectivity index is 1.64. The Morgan fingerprint density at radius 1 is 1.21 bits per heavy atom. The monoisotopic (exact) mass is 566 g/mol. The molecule has 2 aromatic rings. The second-order valence-corrected chi connectivity index (χ2v) is 13.5. The predicted octanol–water partition coefficient (Wildman–Crippen LogP) is 4.12. The van der Waals surface area contributed by atoms with Gasteiger partial charge in [0.05, 0.1) is 31.1 Å². The number of nitrogens with one attached hydrogen (secondary N) is 2. The molecule has 2 N–H and O–H groups in total. The molecule has 1 aromatic heterocycles. The van der Waals surface area contributed by atoms with Gasteiger partial charge >= 0.3 is 0 Å². The minimum Gasteiger partial charge on any atom is -0.379 e. The maximum atomic E-state index is 14.4. The van der Waals surface area contributed by atoms with Crippen molar-refractivity contribution in [3.8, 4) is 0 Å². The van der Waals surface area contributed by atoms with Gasteiger partial charge in [0.1, 0.15) is 10.8 Å². The first-order valence-electron chi connectivity index (χ1n) is 12.8. The van der Waals surface area contributed by atoms with Crippen molar-refractivity contribution in [1.29, 1.82) is 0 Å². The summed E-state index contributed by atoms with van der Waals surface area (Å²) in [6, 6.07) is 8.10. The molecular formula is C27H39FN4O4S2. The van der Waals surface area contributed by atoms with Crippen LogP contribution in [-0.2, 0) is 31.5 Å². The van der Waals surface area contributed by atoms with Crippen LogP contribution in [0.25, 0.3) is 0 Å². The summed E-state index contributed by atoms with van der Waals surface area (Å²) in [6.45, 7) is 12.9. The third-order valence-electron chi connectivity index (χ3n) is 6.30. The van der Waals surface area contributed by atoms with E-state index >= 15 is 0 Å². The molecule has 1 unspecified atom stereocenters. The Hall–Kier alpha value is -2.21. The molecule has 3 rings (SSSR count). The largest absolute Gasteiger partial charge is 0.379 e. The maximum Gasteiger partial charge on any atom is 0.229 e. The minimum atomic E-state index is -3.60. The molecule has 0 saturated carbocycles. The highest BCUT2D eigenvalue weighted by Crippen LogP contribution is 2.28. The van der Waals surface area contributed by atoms with E-state index in [1.165, 1.54) is 12.1 Å². The lowest BCUT2D eigenvalue weighted by molar-refractivity contribution is -0.122. The van der Waals surface area contributed by atoms with Gasteiger partial charge in [0.2, 0.25) is 15.9 Å². The average Bonchev–Trinajstić information content (AvgIpc) is 2.85. The molecule has 1 fully saturated rings. The molecule has 0 radical (unpaired) electrons. The third kappa shape index (κ3) is 9.21. The molecule has 38 heavy (non-hydrogen) atoms. The van der Waals surface area contributed by atoms with Crippen LogP contribution in [0.5, 0.6) is 0 Å². The lowest BCUT2D eigenvalue weighted by Gasteiger charge is -2.26. The van der Waals surface area contributed by atoms with Crippen LogP contribution < -0.4 is 10.0 Å². The summed E-state index contributed by atoms with van der Waals surface area (Å²) in [5.41, 5.74) is 2.15. The number of hydrogen-bond acceptors (Lipinski definition) is 7. The van der Waals surface area contributed by atoms with Crippen molar-refractivity contribution in [2.45, 2.75) is 57.0 Å². The number of halogens is 1. The number of aromatic nitrogens is 1. The first-order valence-corrected chi connectivity index (χ1v) is 15.7. The van der Waals surface area contributed by atoms with Crippen LogP contribution in [0.15, 0.2) is 35.4 Å². The topological polar surface area (TPSA) is 101 Å². The van der Waals surface area contributed by atoms with Crippen molar-refractivity contribution in [2.24, 2.45) is 0 Å². The van der Waals surface area contributed by atoms with Crippen LogP contribution in [0.3, 0.4) is 0 Å². The summed E-state index contributed by atoms with van der Waals surface area (Å²) in [7, 11) is -3.60. The second kappa shape index (κ2) is 13.2. The molecule has 1 aliphatic heterocycles. The normalized spacial score (nSPS) is 15.7. The molecule has 0 bridgehead atoms. The molecule has 1 aliphatic rings. The first kappa shape index (κ1) is 30.3. The zero-order valence-corrected chi connectivity index (χ0v) is 24.5. The fourth-order valence-corrected chi connectivity index (χ4v) is 5.52. The fourth-order valence-electron chi connectivity index (χ4n) is 4.00. The number of carbonyl (C=O) groups is 1. The van der Waals surface area contributed by atoms with E-state index in [0.29, 0.717) is 12.1 Å². The number of morpholine rings is 1. The van der Waals surface area contributed by atoms with Gasteiger partial charge in [0.25, 0.3) is 0 Å². The number of ether oxygens (including phenoxy) is 1. The van der Waals surface area contributed by atoms with Crippen LogP contribution in [0.4, 0.5) is 10.1 Å². The average molecular weight is 567 g/mol. The van der Waals surface area contributed by atoms with Gasteiger partial charge in [0, 0.05) is 42.1 Å². The van der Waals surface area contributed by atoms with Crippen molar-refractivity contribution in [3.63, 3.8) is 0 Å². The number of amides is 1. The van der Waals surface area contributed by atoms with Crippen molar-refractivity contribution in [1.82, 2.24) is 15.2 Å². The summed E-state index contributed by atoms with van der Waals surface area (Å²) in [5, 5.41) is 3.87. The summed E-state index contributed by atoms with van der Waals surface area (Å²) < 4.78 is 44.8. The number of nitrogens with zero attached hydrogens (tertiary/aromatic N) is 2. The van der Waals surface area contributed by atoms with Crippen LogP contribution in [-0.4, -0.2) is 69.1 Å². The van der Waals surface area contributed by atoms with Gasteiger partial charge in [-0.3, -0.25) is 14.4 Å². The highest BCUT2D eigenvalue weighted by Gasteiger charge is 2.21. The summed E-state index contributed by atoms with van der Waals surface area (Å²) in [5.74, 6) is -0.687. The molecule has 1 amide bonds. The number of anilines is 1. The number of sulfonamides is 1. The first-order chi connectivity index (χ1) is 17.8. The Labute approximate surface area is 230 Å². The van der Waals surface area contributed by atoms with E-state index in [1.54, 1.807) is 24.8 Å². The number of carbonyl (C=O) groups excluding carboxylic acids is 1. The van der Waals surface area contributed by atoms with Crippen molar-refractivity contribution >= 4 is 33.4 Å². The van der Waals surface area contributed by atoms with Gasteiger partial charge in [-0.2, -0.15) is 0 Å². The quantitative estimate of drug-likeness (QED) is 0.312. The number of hydrogen-bond donors (Lipinski definition) is 2. The predicted molar refractivity (Wildman–Crippen MR) is 151 cm³/mol. The second-order valence-electron chi connectivity index (χ2n) is 10.6. The Kier molecular flexibility index (Phi) is 10.6. The maximum absolute atomic E-state index is 14.4. The zero-order chi connectivity index (χ0) is 27.9. The van der Waals surface area contributed by atoms with Gasteiger partial charge in [0.15, 0.2) is 0 Å². The highest BCUT2D eigenvalue weighted by molar-refractivity contribution is 7.99. The van der Waals surface area contributed by atoms with E-state index in [4.69, 9.17) is 9.72 Å². The van der Waals surface area contributed by atoms with Gasteiger partial charge < -0.3 is 10.1 Å². The van der Waals surface area contributed by atoms with E-state index in [-0.39, 0.29) is 17.0 Å². The van der Waals surface area contributed by atoms with E-state index in [1.807, 2.05) is 12.1 Å². The van der Waals surface area contributed by atoms with Gasteiger partial charge in [-0.1, -0.05) is 32.9 Å². The Morgan fingerprint density at radius 2 is 1.92 bits per heavy atom. The Bertz CT molecular complexity index is 1210. The molecule has 11 heteroatoms. The molecule has 1 atom stereocenters. The SMILES string of the molecule is CC(C(=O)NCc1ccc(C(C)(C)C)nc1SCCCN1CCOCC1)c1ccc(NS(C)(=O)=O)c(F)c1. The number of benzene rings is 1. The number of thioether (sulfide) groups is 1. The molecule has 8 nitrogen and oxygen atoms in total. The van der Waals surface area contributed by atoms with E-state index in [0.717, 1.165) is 67.6 Å². The standard InChI is InChI=1S/C27H39FN4O4S2/c1-19(20-7-9-23(22(28)17-20)31-38(5,34)35)25(33)29-18-21-8-10-24(27(2,3)4)30-26(21)37-16-6-11-32-12-14-36-15-13-32/h7-10,17,19,31H,6,11-16,18H2,1-5H3,(H,29,33). The summed E-state index contributed by atoms with van der Waals surface area (Å²) in [4.78, 5) is 20.3. The minimum absolute atomic E-state index is 0.0956. The van der Waals surface area contributed by atoms with Gasteiger partial charge in [-0.25, -0.2) is 17.8 Å².